The van der Waals surface area contributed by atoms with Gasteiger partial charge in [-0.15, -0.1) is 0 Å². The average Bonchev–Trinajstić information content (AvgIpc) is 2.90. The number of anilines is 1. The molecule has 1 aliphatic carbocycles. The van der Waals surface area contributed by atoms with Crippen LogP contribution in [0.25, 0.3) is 0 Å². The summed E-state index contributed by atoms with van der Waals surface area (Å²) >= 11 is 0. The summed E-state index contributed by atoms with van der Waals surface area (Å²) in [5, 5.41) is 2.87. The summed E-state index contributed by atoms with van der Waals surface area (Å²) in [5.74, 6) is 1.83. The van der Waals surface area contributed by atoms with Gasteiger partial charge >= 0.3 is 6.01 Å². The SMILES string of the molecule is CCNC(=O)CN1CCCN(c2ccnc(OC3CCC(C)CC3)n2)CC1. The summed E-state index contributed by atoms with van der Waals surface area (Å²) in [6.45, 7) is 9.00. The van der Waals surface area contributed by atoms with Crippen molar-refractivity contribution in [2.75, 3.05) is 44.2 Å². The number of nitrogens with zero attached hydrogens (tertiary/aromatic N) is 4. The number of likely N-dealkylation sites (N-methyl/N-ethyl adjacent to an activating group) is 1. The van der Waals surface area contributed by atoms with E-state index in [9.17, 15) is 4.79 Å². The number of aromatic nitrogens is 2. The van der Waals surface area contributed by atoms with Crippen LogP contribution >= 0.6 is 0 Å². The second-order valence-corrected chi connectivity index (χ2v) is 7.77. The molecule has 2 fully saturated rings. The highest BCUT2D eigenvalue weighted by atomic mass is 16.5. The summed E-state index contributed by atoms with van der Waals surface area (Å²) in [4.78, 5) is 25.3. The molecule has 1 saturated carbocycles. The van der Waals surface area contributed by atoms with E-state index in [1.165, 1.54) is 12.8 Å². The molecule has 2 aliphatic rings. The first-order chi connectivity index (χ1) is 13.1. The standard InChI is InChI=1S/C20H33N5O2/c1-3-21-19(26)15-24-11-4-12-25(14-13-24)18-9-10-22-20(23-18)27-17-7-5-16(2)6-8-17/h9-10,16-17H,3-8,11-15H2,1-2H3,(H,21,26). The van der Waals surface area contributed by atoms with Gasteiger partial charge in [-0.2, -0.15) is 4.98 Å². The van der Waals surface area contributed by atoms with Gasteiger partial charge in [-0.1, -0.05) is 6.92 Å². The summed E-state index contributed by atoms with van der Waals surface area (Å²) in [6, 6.07) is 2.45. The molecule has 1 saturated heterocycles. The normalized spacial score (nSPS) is 24.3. The third-order valence-electron chi connectivity index (χ3n) is 5.51. The molecule has 1 N–H and O–H groups in total. The van der Waals surface area contributed by atoms with Crippen LogP contribution in [0.5, 0.6) is 6.01 Å². The van der Waals surface area contributed by atoms with Gasteiger partial charge in [0.25, 0.3) is 0 Å². The zero-order valence-corrected chi connectivity index (χ0v) is 16.7. The highest BCUT2D eigenvalue weighted by molar-refractivity contribution is 5.77. The maximum Gasteiger partial charge on any atom is 0.318 e. The first kappa shape index (κ1) is 19.9. The molecule has 7 nitrogen and oxygen atoms in total. The number of ether oxygens (including phenoxy) is 1. The first-order valence-corrected chi connectivity index (χ1v) is 10.4. The minimum atomic E-state index is 0.102. The highest BCUT2D eigenvalue weighted by Crippen LogP contribution is 2.26. The molecule has 0 radical (unpaired) electrons. The van der Waals surface area contributed by atoms with Gasteiger partial charge in [0.05, 0.1) is 6.54 Å². The van der Waals surface area contributed by atoms with Gasteiger partial charge in [-0.3, -0.25) is 9.69 Å². The molecule has 1 aliphatic heterocycles. The lowest BCUT2D eigenvalue weighted by Gasteiger charge is -2.26. The van der Waals surface area contributed by atoms with E-state index in [0.29, 0.717) is 19.1 Å². The molecule has 1 aromatic rings. The Kier molecular flexibility index (Phi) is 7.26. The van der Waals surface area contributed by atoms with E-state index in [4.69, 9.17) is 4.74 Å². The topological polar surface area (TPSA) is 70.6 Å². The van der Waals surface area contributed by atoms with Crippen molar-refractivity contribution in [2.45, 2.75) is 52.1 Å². The fraction of sp³-hybridized carbons (Fsp3) is 0.750. The van der Waals surface area contributed by atoms with Crippen LogP contribution < -0.4 is 15.0 Å². The van der Waals surface area contributed by atoms with E-state index in [1.54, 1.807) is 6.20 Å². The van der Waals surface area contributed by atoms with Crippen LogP contribution in [0.15, 0.2) is 12.3 Å². The summed E-state index contributed by atoms with van der Waals surface area (Å²) in [6.07, 6.45) is 7.67. The van der Waals surface area contributed by atoms with Crippen molar-refractivity contribution in [1.29, 1.82) is 0 Å². The van der Waals surface area contributed by atoms with Crippen LogP contribution in [-0.2, 0) is 4.79 Å². The molecule has 0 bridgehead atoms. The molecule has 2 heterocycles. The zero-order chi connectivity index (χ0) is 19.1. The van der Waals surface area contributed by atoms with E-state index in [-0.39, 0.29) is 12.0 Å². The molecule has 150 valence electrons. The van der Waals surface area contributed by atoms with Crippen LogP contribution in [0, 0.1) is 5.92 Å². The maximum absolute atomic E-state index is 11.8. The molecule has 7 heteroatoms. The maximum atomic E-state index is 11.8. The van der Waals surface area contributed by atoms with Crippen molar-refractivity contribution in [2.24, 2.45) is 5.92 Å². The predicted molar refractivity (Wildman–Crippen MR) is 106 cm³/mol. The van der Waals surface area contributed by atoms with Crippen LogP contribution in [-0.4, -0.2) is 66.1 Å². The van der Waals surface area contributed by atoms with E-state index in [1.807, 2.05) is 13.0 Å². The Morgan fingerprint density at radius 3 is 2.81 bits per heavy atom. The van der Waals surface area contributed by atoms with Crippen LogP contribution in [0.4, 0.5) is 5.82 Å². The third-order valence-corrected chi connectivity index (χ3v) is 5.51. The fourth-order valence-electron chi connectivity index (χ4n) is 3.88. The molecule has 0 aromatic carbocycles. The third kappa shape index (κ3) is 6.06. The number of carbonyl (C=O) groups is 1. The van der Waals surface area contributed by atoms with E-state index in [2.05, 4.69) is 32.0 Å². The number of rotatable bonds is 6. The van der Waals surface area contributed by atoms with Gasteiger partial charge in [-0.05, 0) is 51.0 Å². The fourth-order valence-corrected chi connectivity index (χ4v) is 3.88. The summed E-state index contributed by atoms with van der Waals surface area (Å²) in [7, 11) is 0. The van der Waals surface area contributed by atoms with Gasteiger partial charge in [0.15, 0.2) is 0 Å². The van der Waals surface area contributed by atoms with E-state index >= 15 is 0 Å². The molecular weight excluding hydrogens is 342 g/mol. The lowest BCUT2D eigenvalue weighted by Crippen LogP contribution is -2.39. The molecule has 3 rings (SSSR count). The quantitative estimate of drug-likeness (QED) is 0.821. The van der Waals surface area contributed by atoms with Gasteiger partial charge < -0.3 is 15.0 Å². The Morgan fingerprint density at radius 1 is 1.22 bits per heavy atom. The second kappa shape index (κ2) is 9.88. The van der Waals surface area contributed by atoms with Crippen molar-refractivity contribution in [3.05, 3.63) is 12.3 Å². The van der Waals surface area contributed by atoms with Crippen molar-refractivity contribution in [3.8, 4) is 6.01 Å². The van der Waals surface area contributed by atoms with Crippen molar-refractivity contribution >= 4 is 11.7 Å². The van der Waals surface area contributed by atoms with Crippen LogP contribution in [0.3, 0.4) is 0 Å². The Labute approximate surface area is 162 Å². The molecule has 0 spiro atoms. The van der Waals surface area contributed by atoms with E-state index < -0.39 is 0 Å². The minimum absolute atomic E-state index is 0.102. The smallest absolute Gasteiger partial charge is 0.318 e. The Bertz CT molecular complexity index is 604. The number of amides is 1. The molecule has 0 unspecified atom stereocenters. The largest absolute Gasteiger partial charge is 0.460 e. The molecular formula is C20H33N5O2. The van der Waals surface area contributed by atoms with Gasteiger partial charge in [0.1, 0.15) is 11.9 Å². The summed E-state index contributed by atoms with van der Waals surface area (Å²) in [5.41, 5.74) is 0. The predicted octanol–water partition coefficient (Wildman–Crippen LogP) is 2.08. The van der Waals surface area contributed by atoms with Gasteiger partial charge in [0, 0.05) is 38.9 Å². The minimum Gasteiger partial charge on any atom is -0.460 e. The number of nitrogens with one attached hydrogen (secondary N) is 1. The number of hydrogen-bond donors (Lipinski definition) is 1. The highest BCUT2D eigenvalue weighted by Gasteiger charge is 2.22. The zero-order valence-electron chi connectivity index (χ0n) is 16.7. The van der Waals surface area contributed by atoms with Gasteiger partial charge in [0.2, 0.25) is 5.91 Å². The lowest BCUT2D eigenvalue weighted by atomic mass is 9.89. The number of hydrogen-bond acceptors (Lipinski definition) is 6. The molecule has 27 heavy (non-hydrogen) atoms. The average molecular weight is 376 g/mol. The Balaban J connectivity index is 1.54. The van der Waals surface area contributed by atoms with Gasteiger partial charge in [-0.25, -0.2) is 4.98 Å². The van der Waals surface area contributed by atoms with Crippen LogP contribution in [0.2, 0.25) is 0 Å². The van der Waals surface area contributed by atoms with E-state index in [0.717, 1.165) is 57.2 Å². The number of carbonyl (C=O) groups excluding carboxylic acids is 1. The Morgan fingerprint density at radius 2 is 2.04 bits per heavy atom. The molecule has 0 atom stereocenters. The summed E-state index contributed by atoms with van der Waals surface area (Å²) < 4.78 is 6.05. The molecule has 1 aromatic heterocycles. The molecule has 1 amide bonds. The lowest BCUT2D eigenvalue weighted by molar-refractivity contribution is -0.122. The Hall–Kier alpha value is -1.89. The first-order valence-electron chi connectivity index (χ1n) is 10.4. The monoisotopic (exact) mass is 375 g/mol. The second-order valence-electron chi connectivity index (χ2n) is 7.77. The van der Waals surface area contributed by atoms with Crippen molar-refractivity contribution < 1.29 is 9.53 Å². The van der Waals surface area contributed by atoms with Crippen molar-refractivity contribution in [1.82, 2.24) is 20.2 Å². The van der Waals surface area contributed by atoms with Crippen molar-refractivity contribution in [3.63, 3.8) is 0 Å². The van der Waals surface area contributed by atoms with Crippen LogP contribution in [0.1, 0.15) is 46.0 Å².